The number of carbonyl (C=O) groups is 2. The van der Waals surface area contributed by atoms with Crippen molar-refractivity contribution in [3.63, 3.8) is 0 Å². The summed E-state index contributed by atoms with van der Waals surface area (Å²) in [5.41, 5.74) is 2.00. The molecular weight excluding hydrogens is 366 g/mol. The normalized spacial score (nSPS) is 20.0. The zero-order valence-corrected chi connectivity index (χ0v) is 16.3. The van der Waals surface area contributed by atoms with Crippen molar-refractivity contribution in [2.75, 3.05) is 31.5 Å². The van der Waals surface area contributed by atoms with Crippen LogP contribution in [0.4, 0.5) is 5.69 Å². The molecule has 1 saturated heterocycles. The molecule has 1 fully saturated rings. The van der Waals surface area contributed by atoms with Gasteiger partial charge in [-0.1, -0.05) is 48.5 Å². The summed E-state index contributed by atoms with van der Waals surface area (Å²) in [4.78, 5) is 33.7. The van der Waals surface area contributed by atoms with Gasteiger partial charge in [0.05, 0.1) is 6.42 Å². The Morgan fingerprint density at radius 3 is 2.34 bits per heavy atom. The molecule has 0 radical (unpaired) electrons. The highest BCUT2D eigenvalue weighted by atomic mass is 16.2. The van der Waals surface area contributed by atoms with Crippen LogP contribution in [0, 0.1) is 0 Å². The Labute approximate surface area is 170 Å². The smallest absolute Gasteiger partial charge is 0.249 e. The lowest BCUT2D eigenvalue weighted by molar-refractivity contribution is -0.125. The molecule has 2 heterocycles. The second-order valence-corrected chi connectivity index (χ2v) is 7.32. The molecule has 0 aliphatic carbocycles. The van der Waals surface area contributed by atoms with E-state index in [0.29, 0.717) is 11.6 Å². The number of rotatable bonds is 4. The van der Waals surface area contributed by atoms with Crippen LogP contribution in [-0.4, -0.2) is 59.8 Å². The Hall–Kier alpha value is -3.19. The van der Waals surface area contributed by atoms with Gasteiger partial charge in [-0.2, -0.15) is 0 Å². The monoisotopic (exact) mass is 391 g/mol. The molecule has 2 N–H and O–H groups in total. The first-order valence-corrected chi connectivity index (χ1v) is 9.92. The topological polar surface area (TPSA) is 77.0 Å². The van der Waals surface area contributed by atoms with E-state index in [0.717, 1.165) is 32.7 Å². The van der Waals surface area contributed by atoms with E-state index in [1.165, 1.54) is 5.56 Å². The summed E-state index contributed by atoms with van der Waals surface area (Å²) in [6.45, 7) is 4.20. The fourth-order valence-corrected chi connectivity index (χ4v) is 3.60. The van der Waals surface area contributed by atoms with E-state index in [1.54, 1.807) is 0 Å². The first-order chi connectivity index (χ1) is 14.2. The van der Waals surface area contributed by atoms with Gasteiger partial charge in [-0.05, 0) is 17.7 Å². The minimum Gasteiger partial charge on any atom is -0.340 e. The minimum atomic E-state index is -0.707. The molecule has 2 amide bonds. The highest BCUT2D eigenvalue weighted by Gasteiger charge is 2.30. The number of para-hydroxylation sites is 1. The van der Waals surface area contributed by atoms with Gasteiger partial charge in [0.2, 0.25) is 17.8 Å². The molecule has 2 aromatic carbocycles. The molecule has 1 atom stereocenters. The maximum Gasteiger partial charge on any atom is 0.249 e. The summed E-state index contributed by atoms with van der Waals surface area (Å²) in [7, 11) is 0. The Kier molecular flexibility index (Phi) is 5.86. The molecule has 2 aliphatic heterocycles. The van der Waals surface area contributed by atoms with E-state index in [-0.39, 0.29) is 18.2 Å². The van der Waals surface area contributed by atoms with Crippen LogP contribution in [0.15, 0.2) is 65.7 Å². The van der Waals surface area contributed by atoms with Crippen LogP contribution in [0.1, 0.15) is 12.0 Å². The van der Waals surface area contributed by atoms with Crippen LogP contribution in [0.2, 0.25) is 0 Å². The van der Waals surface area contributed by atoms with Gasteiger partial charge in [0.25, 0.3) is 0 Å². The molecular formula is C22H25N5O2. The average molecular weight is 391 g/mol. The van der Waals surface area contributed by atoms with Crippen molar-refractivity contribution in [2.45, 2.75) is 19.0 Å². The predicted molar refractivity (Wildman–Crippen MR) is 112 cm³/mol. The third kappa shape index (κ3) is 5.00. The number of piperazine rings is 1. The maximum absolute atomic E-state index is 12.6. The van der Waals surface area contributed by atoms with E-state index in [4.69, 9.17) is 0 Å². The van der Waals surface area contributed by atoms with Gasteiger partial charge < -0.3 is 10.2 Å². The van der Waals surface area contributed by atoms with Crippen LogP contribution < -0.4 is 10.6 Å². The van der Waals surface area contributed by atoms with Crippen molar-refractivity contribution in [2.24, 2.45) is 4.99 Å². The van der Waals surface area contributed by atoms with Crippen molar-refractivity contribution < 1.29 is 9.59 Å². The molecule has 150 valence electrons. The number of hydrogen-bond donors (Lipinski definition) is 2. The molecule has 2 aromatic rings. The molecule has 2 aliphatic rings. The number of amides is 2. The molecule has 7 nitrogen and oxygen atoms in total. The maximum atomic E-state index is 12.6. The summed E-state index contributed by atoms with van der Waals surface area (Å²) >= 11 is 0. The Morgan fingerprint density at radius 1 is 1.00 bits per heavy atom. The molecule has 4 rings (SSSR count). The first-order valence-electron chi connectivity index (χ1n) is 9.92. The van der Waals surface area contributed by atoms with Gasteiger partial charge in [-0.25, -0.2) is 4.99 Å². The molecule has 0 saturated carbocycles. The fourth-order valence-electron chi connectivity index (χ4n) is 3.60. The van der Waals surface area contributed by atoms with Crippen LogP contribution in [0.5, 0.6) is 0 Å². The number of hydrogen-bond acceptors (Lipinski definition) is 5. The number of anilines is 1. The van der Waals surface area contributed by atoms with Gasteiger partial charge in [-0.15, -0.1) is 0 Å². The number of benzene rings is 2. The average Bonchev–Trinajstić information content (AvgIpc) is 2.75. The SMILES string of the molecule is O=C1C[C@@H](C(=O)Nc2ccccc2)N=C(N2CCN(Cc3ccccc3)CC2)N1. The lowest BCUT2D eigenvalue weighted by atomic mass is 10.1. The van der Waals surface area contributed by atoms with E-state index < -0.39 is 6.04 Å². The lowest BCUT2D eigenvalue weighted by Gasteiger charge is -2.37. The number of nitrogens with one attached hydrogen (secondary N) is 2. The molecule has 0 unspecified atom stereocenters. The second-order valence-electron chi connectivity index (χ2n) is 7.32. The number of aliphatic imine (C=N–C) groups is 1. The largest absolute Gasteiger partial charge is 0.340 e. The van der Waals surface area contributed by atoms with Crippen molar-refractivity contribution in [3.05, 3.63) is 66.2 Å². The third-order valence-corrected chi connectivity index (χ3v) is 5.17. The standard InChI is InChI=1S/C22H25N5O2/c28-20-15-19(21(29)23-18-9-5-2-6-10-18)24-22(25-20)27-13-11-26(12-14-27)16-17-7-3-1-4-8-17/h1-10,19H,11-16H2,(H,23,29)(H,24,25,28)/t19-/m0/s1. The summed E-state index contributed by atoms with van der Waals surface area (Å²) in [5.74, 6) is 0.0787. The number of carbonyl (C=O) groups excluding carboxylic acids is 2. The molecule has 29 heavy (non-hydrogen) atoms. The summed E-state index contributed by atoms with van der Waals surface area (Å²) in [5, 5.41) is 5.68. The van der Waals surface area contributed by atoms with Gasteiger partial charge >= 0.3 is 0 Å². The predicted octanol–water partition coefficient (Wildman–Crippen LogP) is 1.69. The first kappa shape index (κ1) is 19.1. The van der Waals surface area contributed by atoms with Crippen molar-refractivity contribution in [3.8, 4) is 0 Å². The zero-order chi connectivity index (χ0) is 20.1. The quantitative estimate of drug-likeness (QED) is 0.832. The Balaban J connectivity index is 1.36. The summed E-state index contributed by atoms with van der Waals surface area (Å²) < 4.78 is 0. The highest BCUT2D eigenvalue weighted by molar-refractivity contribution is 6.05. The van der Waals surface area contributed by atoms with Crippen molar-refractivity contribution in [1.29, 1.82) is 0 Å². The van der Waals surface area contributed by atoms with Crippen molar-refractivity contribution in [1.82, 2.24) is 15.1 Å². The minimum absolute atomic E-state index is 0.0656. The third-order valence-electron chi connectivity index (χ3n) is 5.17. The Bertz CT molecular complexity index is 877. The molecule has 0 spiro atoms. The Morgan fingerprint density at radius 2 is 1.66 bits per heavy atom. The number of nitrogens with zero attached hydrogens (tertiary/aromatic N) is 3. The molecule has 7 heteroatoms. The highest BCUT2D eigenvalue weighted by Crippen LogP contribution is 2.14. The van der Waals surface area contributed by atoms with E-state index in [9.17, 15) is 9.59 Å². The lowest BCUT2D eigenvalue weighted by Crippen LogP contribution is -2.56. The van der Waals surface area contributed by atoms with Gasteiger partial charge in [0, 0.05) is 38.4 Å². The van der Waals surface area contributed by atoms with E-state index >= 15 is 0 Å². The van der Waals surface area contributed by atoms with Gasteiger partial charge in [0.15, 0.2) is 0 Å². The summed E-state index contributed by atoms with van der Waals surface area (Å²) in [6.07, 6.45) is 0.0656. The second kappa shape index (κ2) is 8.87. The van der Waals surface area contributed by atoms with E-state index in [2.05, 4.69) is 49.7 Å². The van der Waals surface area contributed by atoms with Crippen molar-refractivity contribution >= 4 is 23.5 Å². The van der Waals surface area contributed by atoms with Crippen LogP contribution in [0.3, 0.4) is 0 Å². The zero-order valence-electron chi connectivity index (χ0n) is 16.3. The van der Waals surface area contributed by atoms with Crippen LogP contribution >= 0.6 is 0 Å². The van der Waals surface area contributed by atoms with Gasteiger partial charge in [-0.3, -0.25) is 19.8 Å². The van der Waals surface area contributed by atoms with E-state index in [1.807, 2.05) is 36.4 Å². The van der Waals surface area contributed by atoms with Gasteiger partial charge in [0.1, 0.15) is 6.04 Å². The molecule has 0 bridgehead atoms. The van der Waals surface area contributed by atoms with Crippen LogP contribution in [0.25, 0.3) is 0 Å². The fraction of sp³-hybridized carbons (Fsp3) is 0.318. The molecule has 0 aromatic heterocycles. The number of guanidine groups is 1. The van der Waals surface area contributed by atoms with Crippen LogP contribution in [-0.2, 0) is 16.1 Å². The summed E-state index contributed by atoms with van der Waals surface area (Å²) in [6, 6.07) is 18.9.